The normalized spacial score (nSPS) is 14.4. The summed E-state index contributed by atoms with van der Waals surface area (Å²) < 4.78 is 228. The SMILES string of the molecule is CCN(CC)C(=O)c1sc(NC(=O)C(F)(F)C(F)(F)C(F)(F)C(F)(F)C(F)(F)C(F)(F)C(F)(F)C(F)(F)F)c(C#N)c1C. The van der Waals surface area contributed by atoms with Gasteiger partial charge in [-0.15, -0.1) is 11.3 Å². The number of carbonyl (C=O) groups is 2. The molecule has 0 bridgehead atoms. The summed E-state index contributed by atoms with van der Waals surface area (Å²) in [5.74, 6) is -63.7. The third-order valence-corrected chi connectivity index (χ3v) is 6.93. The first kappa shape index (κ1) is 38.0. The van der Waals surface area contributed by atoms with E-state index in [2.05, 4.69) is 0 Å². The molecule has 0 aliphatic heterocycles. The van der Waals surface area contributed by atoms with Gasteiger partial charge in [-0.05, 0) is 26.3 Å². The van der Waals surface area contributed by atoms with Crippen molar-refractivity contribution in [1.29, 1.82) is 5.26 Å². The van der Waals surface area contributed by atoms with E-state index in [1.165, 1.54) is 19.9 Å². The molecule has 1 aromatic heterocycles. The van der Waals surface area contributed by atoms with Crippen molar-refractivity contribution in [3.05, 3.63) is 16.0 Å². The average molecular weight is 683 g/mol. The van der Waals surface area contributed by atoms with Crippen molar-refractivity contribution in [2.24, 2.45) is 0 Å². The topological polar surface area (TPSA) is 73.2 Å². The number of nitrogens with one attached hydrogen (secondary N) is 1. The Labute approximate surface area is 232 Å². The fourth-order valence-electron chi connectivity index (χ4n) is 3.08. The molecule has 43 heavy (non-hydrogen) atoms. The zero-order valence-corrected chi connectivity index (χ0v) is 21.8. The number of halogens is 17. The summed E-state index contributed by atoms with van der Waals surface area (Å²) in [5, 5.41) is 8.60. The number of amides is 2. The zero-order chi connectivity index (χ0) is 34.6. The van der Waals surface area contributed by atoms with Crippen LogP contribution in [0.4, 0.5) is 79.6 Å². The maximum Gasteiger partial charge on any atom is 0.460 e. The maximum absolute atomic E-state index is 14.3. The summed E-state index contributed by atoms with van der Waals surface area (Å²) in [5.41, 5.74) is -1.37. The summed E-state index contributed by atoms with van der Waals surface area (Å²) in [6, 6.07) is 1.21. The van der Waals surface area contributed by atoms with E-state index in [1.807, 2.05) is 0 Å². The highest BCUT2D eigenvalue weighted by molar-refractivity contribution is 7.18. The van der Waals surface area contributed by atoms with Gasteiger partial charge >= 0.3 is 53.5 Å². The lowest BCUT2D eigenvalue weighted by Crippen LogP contribution is -2.75. The summed E-state index contributed by atoms with van der Waals surface area (Å²) in [6.45, 7) is 3.79. The number of nitriles is 1. The molecule has 0 saturated carbocycles. The lowest BCUT2D eigenvalue weighted by atomic mass is 9.89. The fourth-order valence-corrected chi connectivity index (χ4v) is 4.20. The molecular weight excluding hydrogens is 669 g/mol. The predicted octanol–water partition coefficient (Wildman–Crippen LogP) is 7.36. The predicted molar refractivity (Wildman–Crippen MR) is 110 cm³/mol. The van der Waals surface area contributed by atoms with E-state index in [1.54, 1.807) is 0 Å². The second-order valence-electron chi connectivity index (χ2n) is 8.32. The summed E-state index contributed by atoms with van der Waals surface area (Å²) in [7, 11) is 0. The van der Waals surface area contributed by atoms with Gasteiger partial charge in [-0.25, -0.2) is 0 Å². The Balaban J connectivity index is 3.67. The molecule has 0 saturated heterocycles. The van der Waals surface area contributed by atoms with Gasteiger partial charge in [0, 0.05) is 13.1 Å². The highest BCUT2D eigenvalue weighted by Crippen LogP contribution is 2.64. The Morgan fingerprint density at radius 2 is 1.09 bits per heavy atom. The van der Waals surface area contributed by atoms with Gasteiger partial charge in [0.05, 0.1) is 10.4 Å². The van der Waals surface area contributed by atoms with E-state index in [4.69, 9.17) is 0 Å². The minimum absolute atomic E-state index is 0.0115. The van der Waals surface area contributed by atoms with Crippen molar-refractivity contribution >= 4 is 28.2 Å². The molecule has 0 spiro atoms. The molecule has 0 aromatic carbocycles. The van der Waals surface area contributed by atoms with Gasteiger partial charge in [0.25, 0.3) is 5.91 Å². The molecule has 246 valence electrons. The second-order valence-corrected chi connectivity index (χ2v) is 9.34. The van der Waals surface area contributed by atoms with E-state index < -0.39 is 80.5 Å². The quantitative estimate of drug-likeness (QED) is 0.248. The molecule has 5 nitrogen and oxygen atoms in total. The van der Waals surface area contributed by atoms with Crippen LogP contribution in [0.25, 0.3) is 0 Å². The first-order chi connectivity index (χ1) is 18.9. The Morgan fingerprint density at radius 3 is 1.44 bits per heavy atom. The van der Waals surface area contributed by atoms with Crippen LogP contribution in [-0.2, 0) is 4.79 Å². The molecule has 23 heteroatoms. The van der Waals surface area contributed by atoms with Crippen LogP contribution in [0, 0.1) is 18.3 Å². The van der Waals surface area contributed by atoms with E-state index >= 15 is 0 Å². The standard InChI is InChI=1S/C20H14F17N3O2S/c1-4-40(5-2)11(41)9-7(3)8(6-38)10(43-9)39-12(42)13(21,22)14(23,24)15(25,26)16(27,28)17(29,30)18(31,32)19(33,34)20(35,36)37/h4-5H2,1-3H3,(H,39,42). The highest BCUT2D eigenvalue weighted by Gasteiger charge is 2.95. The Bertz CT molecular complexity index is 1280. The Kier molecular flexibility index (Phi) is 9.83. The van der Waals surface area contributed by atoms with Crippen LogP contribution in [0.2, 0.25) is 0 Å². The van der Waals surface area contributed by atoms with Gasteiger partial charge in [-0.3, -0.25) is 9.59 Å². The van der Waals surface area contributed by atoms with Crippen molar-refractivity contribution in [3.63, 3.8) is 0 Å². The molecule has 1 heterocycles. The van der Waals surface area contributed by atoms with E-state index in [-0.39, 0.29) is 24.4 Å². The van der Waals surface area contributed by atoms with E-state index in [9.17, 15) is 89.5 Å². The third kappa shape index (κ3) is 5.32. The minimum atomic E-state index is -8.84. The maximum atomic E-state index is 14.3. The number of nitrogens with zero attached hydrogens (tertiary/aromatic N) is 2. The Morgan fingerprint density at radius 1 is 0.721 bits per heavy atom. The highest BCUT2D eigenvalue weighted by atomic mass is 32.1. The number of thiophene rings is 1. The van der Waals surface area contributed by atoms with Crippen LogP contribution in [0.3, 0.4) is 0 Å². The van der Waals surface area contributed by atoms with E-state index in [0.29, 0.717) is 5.32 Å². The second kappa shape index (κ2) is 11.1. The van der Waals surface area contributed by atoms with Crippen LogP contribution >= 0.6 is 11.3 Å². The van der Waals surface area contributed by atoms with Gasteiger partial charge in [0.15, 0.2) is 0 Å². The number of rotatable bonds is 11. The molecule has 0 radical (unpaired) electrons. The largest absolute Gasteiger partial charge is 0.460 e. The van der Waals surface area contributed by atoms with Gasteiger partial charge in [-0.2, -0.15) is 79.9 Å². The fraction of sp³-hybridized carbons (Fsp3) is 0.650. The van der Waals surface area contributed by atoms with Gasteiger partial charge < -0.3 is 10.2 Å². The van der Waals surface area contributed by atoms with Crippen LogP contribution in [-0.4, -0.2) is 77.4 Å². The molecule has 0 fully saturated rings. The van der Waals surface area contributed by atoms with E-state index in [0.717, 1.165) is 11.8 Å². The monoisotopic (exact) mass is 683 g/mol. The molecule has 1 rings (SSSR count). The number of hydrogen-bond donors (Lipinski definition) is 1. The minimum Gasteiger partial charge on any atom is -0.338 e. The third-order valence-electron chi connectivity index (χ3n) is 5.74. The Hall–Kier alpha value is -3.06. The van der Waals surface area contributed by atoms with Crippen LogP contribution in [0.15, 0.2) is 0 Å². The van der Waals surface area contributed by atoms with Crippen molar-refractivity contribution in [2.45, 2.75) is 68.4 Å². The zero-order valence-electron chi connectivity index (χ0n) is 21.0. The first-order valence-corrected chi connectivity index (χ1v) is 11.6. The summed E-state index contributed by atoms with van der Waals surface area (Å²) in [6.07, 6.45) is -7.89. The number of hydrogen-bond acceptors (Lipinski definition) is 4. The van der Waals surface area contributed by atoms with Crippen molar-refractivity contribution in [1.82, 2.24) is 4.90 Å². The van der Waals surface area contributed by atoms with Crippen LogP contribution in [0.5, 0.6) is 0 Å². The lowest BCUT2D eigenvalue weighted by Gasteiger charge is -2.42. The summed E-state index contributed by atoms with van der Waals surface area (Å²) in [4.78, 5) is 24.9. The van der Waals surface area contributed by atoms with Gasteiger partial charge in [0.1, 0.15) is 11.1 Å². The van der Waals surface area contributed by atoms with Crippen molar-refractivity contribution < 1.29 is 84.2 Å². The van der Waals surface area contributed by atoms with Crippen LogP contribution in [0.1, 0.15) is 34.6 Å². The average Bonchev–Trinajstić information content (AvgIpc) is 3.17. The molecule has 0 atom stereocenters. The number of anilines is 1. The molecule has 1 N–H and O–H groups in total. The van der Waals surface area contributed by atoms with Gasteiger partial charge in [-0.1, -0.05) is 0 Å². The molecular formula is C20H14F17N3O2S. The van der Waals surface area contributed by atoms with Crippen molar-refractivity contribution in [2.75, 3.05) is 18.4 Å². The van der Waals surface area contributed by atoms with Gasteiger partial charge in [0.2, 0.25) is 0 Å². The molecule has 0 aliphatic rings. The lowest BCUT2D eigenvalue weighted by molar-refractivity contribution is -0.459. The molecule has 1 aromatic rings. The molecule has 0 aliphatic carbocycles. The number of carbonyl (C=O) groups excluding carboxylic acids is 2. The van der Waals surface area contributed by atoms with Crippen LogP contribution < -0.4 is 5.32 Å². The smallest absolute Gasteiger partial charge is 0.338 e. The molecule has 2 amide bonds. The summed E-state index contributed by atoms with van der Waals surface area (Å²) >= 11 is -0.110. The first-order valence-electron chi connectivity index (χ1n) is 10.8. The number of alkyl halides is 17. The van der Waals surface area contributed by atoms with Crippen molar-refractivity contribution in [3.8, 4) is 6.07 Å². The molecule has 0 unspecified atom stereocenters.